The molecule has 1 fully saturated rings. The van der Waals surface area contributed by atoms with Gasteiger partial charge in [0, 0.05) is 24.0 Å². The van der Waals surface area contributed by atoms with Crippen molar-refractivity contribution in [1.82, 2.24) is 9.88 Å². The Kier molecular flexibility index (Phi) is 4.76. The lowest BCUT2D eigenvalue weighted by Crippen LogP contribution is -2.41. The van der Waals surface area contributed by atoms with Gasteiger partial charge in [-0.2, -0.15) is 0 Å². The summed E-state index contributed by atoms with van der Waals surface area (Å²) in [5, 5.41) is 3.13. The molecule has 1 saturated carbocycles. The number of rotatable bonds is 6. The van der Waals surface area contributed by atoms with E-state index in [9.17, 15) is 4.79 Å². The first kappa shape index (κ1) is 16.8. The average molecular weight is 325 g/mol. The fraction of sp³-hybridized carbons (Fsp3) is 0.450. The number of hydrogen-bond donors (Lipinski definition) is 2. The second-order valence-corrected chi connectivity index (χ2v) is 6.89. The number of aromatic nitrogens is 1. The lowest BCUT2D eigenvalue weighted by Gasteiger charge is -2.20. The van der Waals surface area contributed by atoms with E-state index in [1.807, 2.05) is 19.1 Å². The van der Waals surface area contributed by atoms with Gasteiger partial charge in [-0.3, -0.25) is 4.79 Å². The molecule has 0 saturated heterocycles. The van der Waals surface area contributed by atoms with Crippen molar-refractivity contribution in [3.05, 3.63) is 58.9 Å². The predicted octanol–water partition coefficient (Wildman–Crippen LogP) is 3.18. The van der Waals surface area contributed by atoms with E-state index in [4.69, 9.17) is 5.73 Å². The van der Waals surface area contributed by atoms with Crippen LogP contribution >= 0.6 is 0 Å². The highest BCUT2D eigenvalue weighted by Gasteiger charge is 2.32. The van der Waals surface area contributed by atoms with Crippen molar-refractivity contribution in [3.63, 3.8) is 0 Å². The standard InChI is InChI=1S/C20H27N3O/c1-13-11-18(20(24)22-19(12-21)17-9-10-17)15(3)23(13)14(2)16-7-5-4-6-8-16/h4-8,11,14,17,19H,9-10,12,21H2,1-3H3,(H,22,24). The van der Waals surface area contributed by atoms with Crippen LogP contribution in [0.4, 0.5) is 0 Å². The topological polar surface area (TPSA) is 60.1 Å². The van der Waals surface area contributed by atoms with Crippen LogP contribution in [0.3, 0.4) is 0 Å². The molecule has 2 unspecified atom stereocenters. The molecule has 1 aliphatic rings. The molecule has 1 aliphatic carbocycles. The van der Waals surface area contributed by atoms with Crippen molar-refractivity contribution >= 4 is 5.91 Å². The monoisotopic (exact) mass is 325 g/mol. The van der Waals surface area contributed by atoms with Gasteiger partial charge in [-0.05, 0) is 51.2 Å². The van der Waals surface area contributed by atoms with Crippen LogP contribution in [0.25, 0.3) is 0 Å². The van der Waals surface area contributed by atoms with E-state index >= 15 is 0 Å². The second-order valence-electron chi connectivity index (χ2n) is 6.89. The fourth-order valence-corrected chi connectivity index (χ4v) is 3.60. The summed E-state index contributed by atoms with van der Waals surface area (Å²) < 4.78 is 2.23. The molecule has 3 N–H and O–H groups in total. The molecule has 1 heterocycles. The van der Waals surface area contributed by atoms with Crippen molar-refractivity contribution in [2.45, 2.75) is 45.7 Å². The van der Waals surface area contributed by atoms with Gasteiger partial charge in [0.05, 0.1) is 11.6 Å². The van der Waals surface area contributed by atoms with Crippen molar-refractivity contribution in [2.75, 3.05) is 6.54 Å². The number of nitrogens with one attached hydrogen (secondary N) is 1. The second kappa shape index (κ2) is 6.81. The molecule has 4 heteroatoms. The maximum absolute atomic E-state index is 12.7. The van der Waals surface area contributed by atoms with Gasteiger partial charge >= 0.3 is 0 Å². The zero-order valence-electron chi connectivity index (χ0n) is 14.8. The molecule has 0 aliphatic heterocycles. The predicted molar refractivity (Wildman–Crippen MR) is 97.2 cm³/mol. The Hall–Kier alpha value is -2.07. The van der Waals surface area contributed by atoms with E-state index in [-0.39, 0.29) is 18.0 Å². The van der Waals surface area contributed by atoms with E-state index in [2.05, 4.69) is 48.0 Å². The lowest BCUT2D eigenvalue weighted by atomic mass is 10.1. The van der Waals surface area contributed by atoms with Gasteiger partial charge in [0.15, 0.2) is 0 Å². The van der Waals surface area contributed by atoms with Crippen LogP contribution in [0.2, 0.25) is 0 Å². The van der Waals surface area contributed by atoms with Gasteiger partial charge in [-0.15, -0.1) is 0 Å². The third-order valence-corrected chi connectivity index (χ3v) is 5.16. The van der Waals surface area contributed by atoms with Gasteiger partial charge in [0.2, 0.25) is 0 Å². The van der Waals surface area contributed by atoms with Crippen LogP contribution < -0.4 is 11.1 Å². The Labute approximate surface area is 144 Å². The van der Waals surface area contributed by atoms with Gasteiger partial charge in [0.1, 0.15) is 0 Å². The SMILES string of the molecule is Cc1cc(C(=O)NC(CN)C2CC2)c(C)n1C(C)c1ccccc1. The van der Waals surface area contributed by atoms with E-state index in [1.54, 1.807) is 0 Å². The Morgan fingerprint density at radius 2 is 1.96 bits per heavy atom. The number of benzene rings is 1. The van der Waals surface area contributed by atoms with Crippen molar-refractivity contribution in [2.24, 2.45) is 11.7 Å². The number of hydrogen-bond acceptors (Lipinski definition) is 2. The summed E-state index contributed by atoms with van der Waals surface area (Å²) in [6, 6.07) is 12.7. The smallest absolute Gasteiger partial charge is 0.253 e. The molecule has 2 aromatic rings. The molecule has 1 aromatic heterocycles. The van der Waals surface area contributed by atoms with E-state index in [0.717, 1.165) is 17.0 Å². The van der Waals surface area contributed by atoms with Crippen LogP contribution in [0, 0.1) is 19.8 Å². The van der Waals surface area contributed by atoms with Gasteiger partial charge < -0.3 is 15.6 Å². The number of aryl methyl sites for hydroxylation is 1. The molecule has 0 spiro atoms. The van der Waals surface area contributed by atoms with E-state index in [1.165, 1.54) is 18.4 Å². The zero-order chi connectivity index (χ0) is 17.3. The number of nitrogens with zero attached hydrogens (tertiary/aromatic N) is 1. The molecule has 1 amide bonds. The molecule has 4 nitrogen and oxygen atoms in total. The Morgan fingerprint density at radius 3 is 2.54 bits per heavy atom. The minimum Gasteiger partial charge on any atom is -0.348 e. The number of nitrogens with two attached hydrogens (primary N) is 1. The van der Waals surface area contributed by atoms with Gasteiger partial charge in [-0.25, -0.2) is 0 Å². The zero-order valence-corrected chi connectivity index (χ0v) is 14.8. The molecule has 1 aromatic carbocycles. The maximum atomic E-state index is 12.7. The van der Waals surface area contributed by atoms with Crippen molar-refractivity contribution < 1.29 is 4.79 Å². The Balaban J connectivity index is 1.84. The molecule has 3 rings (SSSR count). The first-order chi connectivity index (χ1) is 11.5. The first-order valence-electron chi connectivity index (χ1n) is 8.77. The first-order valence-corrected chi connectivity index (χ1v) is 8.77. The molecule has 24 heavy (non-hydrogen) atoms. The Bertz CT molecular complexity index is 716. The summed E-state index contributed by atoms with van der Waals surface area (Å²) in [6.07, 6.45) is 2.35. The van der Waals surface area contributed by atoms with Gasteiger partial charge in [-0.1, -0.05) is 30.3 Å². The third-order valence-electron chi connectivity index (χ3n) is 5.16. The summed E-state index contributed by atoms with van der Waals surface area (Å²) in [5.41, 5.74) is 9.93. The molecule has 0 radical (unpaired) electrons. The molecule has 0 bridgehead atoms. The maximum Gasteiger partial charge on any atom is 0.253 e. The van der Waals surface area contributed by atoms with Crippen molar-refractivity contribution in [1.29, 1.82) is 0 Å². The number of carbonyl (C=O) groups is 1. The minimum absolute atomic E-state index is 0.00281. The summed E-state index contributed by atoms with van der Waals surface area (Å²) in [7, 11) is 0. The summed E-state index contributed by atoms with van der Waals surface area (Å²) in [5.74, 6) is 0.558. The average Bonchev–Trinajstić information content (AvgIpc) is 3.38. The van der Waals surface area contributed by atoms with Crippen LogP contribution in [-0.2, 0) is 0 Å². The van der Waals surface area contributed by atoms with Crippen LogP contribution in [0.5, 0.6) is 0 Å². The number of carbonyl (C=O) groups excluding carboxylic acids is 1. The lowest BCUT2D eigenvalue weighted by molar-refractivity contribution is 0.0932. The summed E-state index contributed by atoms with van der Waals surface area (Å²) >= 11 is 0. The quantitative estimate of drug-likeness (QED) is 0.857. The Morgan fingerprint density at radius 1 is 1.29 bits per heavy atom. The third kappa shape index (κ3) is 3.24. The number of amides is 1. The molecule has 2 atom stereocenters. The fourth-order valence-electron chi connectivity index (χ4n) is 3.60. The minimum atomic E-state index is -0.00281. The van der Waals surface area contributed by atoms with Crippen LogP contribution in [0.1, 0.15) is 53.1 Å². The molecule has 128 valence electrons. The van der Waals surface area contributed by atoms with Gasteiger partial charge in [0.25, 0.3) is 5.91 Å². The molecular formula is C20H27N3O. The van der Waals surface area contributed by atoms with Crippen molar-refractivity contribution in [3.8, 4) is 0 Å². The van der Waals surface area contributed by atoms with E-state index in [0.29, 0.717) is 12.5 Å². The normalized spacial score (nSPS) is 16.7. The van der Waals surface area contributed by atoms with Crippen LogP contribution in [0.15, 0.2) is 36.4 Å². The highest BCUT2D eigenvalue weighted by molar-refractivity contribution is 5.96. The van der Waals surface area contributed by atoms with Crippen LogP contribution in [-0.4, -0.2) is 23.1 Å². The van der Waals surface area contributed by atoms with E-state index < -0.39 is 0 Å². The summed E-state index contributed by atoms with van der Waals surface area (Å²) in [4.78, 5) is 12.7. The highest BCUT2D eigenvalue weighted by atomic mass is 16.1. The molecular weight excluding hydrogens is 298 g/mol. The highest BCUT2D eigenvalue weighted by Crippen LogP contribution is 2.32. The summed E-state index contributed by atoms with van der Waals surface area (Å²) in [6.45, 7) is 6.76. The largest absolute Gasteiger partial charge is 0.348 e.